The van der Waals surface area contributed by atoms with E-state index in [1.54, 1.807) is 0 Å². The van der Waals surface area contributed by atoms with Crippen molar-refractivity contribution in [1.29, 1.82) is 0 Å². The molecule has 0 aliphatic carbocycles. The highest BCUT2D eigenvalue weighted by Crippen LogP contribution is 2.26. The lowest BCUT2D eigenvalue weighted by Crippen LogP contribution is -2.27. The van der Waals surface area contributed by atoms with Gasteiger partial charge in [-0.25, -0.2) is 14.8 Å². The average Bonchev–Trinajstić information content (AvgIpc) is 2.93. The number of nitrogens with zero attached hydrogens (tertiary/aromatic N) is 2. The van der Waals surface area contributed by atoms with Crippen LogP contribution >= 0.6 is 0 Å². The van der Waals surface area contributed by atoms with Gasteiger partial charge in [0.2, 0.25) is 0 Å². The number of hydrogen-bond acceptors (Lipinski definition) is 4. The predicted octanol–water partition coefficient (Wildman–Crippen LogP) is 3.97. The Bertz CT molecular complexity index is 849. The van der Waals surface area contributed by atoms with Gasteiger partial charge in [-0.05, 0) is 39.0 Å². The number of benzene rings is 1. The number of ether oxygens (including phenoxy) is 1. The first-order chi connectivity index (χ1) is 10.9. The molecule has 0 atom stereocenters. The molecule has 3 rings (SSSR count). The Morgan fingerprint density at radius 1 is 1.22 bits per heavy atom. The Balaban J connectivity index is 1.88. The third-order valence-electron chi connectivity index (χ3n) is 3.14. The molecule has 3 aromatic rings. The van der Waals surface area contributed by atoms with Crippen molar-refractivity contribution in [3.63, 3.8) is 0 Å². The summed E-state index contributed by atoms with van der Waals surface area (Å²) in [5.41, 5.74) is 2.60. The molecular formula is C17H18N4O2. The van der Waals surface area contributed by atoms with Crippen LogP contribution in [-0.2, 0) is 4.74 Å². The molecule has 0 radical (unpaired) electrons. The molecule has 0 fully saturated rings. The van der Waals surface area contributed by atoms with Crippen molar-refractivity contribution in [3.8, 4) is 11.3 Å². The summed E-state index contributed by atoms with van der Waals surface area (Å²) in [6.45, 7) is 5.48. The fourth-order valence-corrected chi connectivity index (χ4v) is 2.27. The van der Waals surface area contributed by atoms with E-state index in [9.17, 15) is 4.79 Å². The number of fused-ring (bicyclic) bond motifs is 1. The Morgan fingerprint density at radius 3 is 2.83 bits per heavy atom. The number of aromatic amines is 1. The van der Waals surface area contributed by atoms with E-state index in [1.807, 2.05) is 57.3 Å². The number of carbonyl (C=O) groups excluding carboxylic acids is 1. The van der Waals surface area contributed by atoms with Crippen molar-refractivity contribution in [2.75, 3.05) is 5.32 Å². The fourth-order valence-electron chi connectivity index (χ4n) is 2.27. The molecule has 1 aromatic carbocycles. The van der Waals surface area contributed by atoms with Gasteiger partial charge in [0.05, 0.1) is 5.69 Å². The Morgan fingerprint density at radius 2 is 2.04 bits per heavy atom. The Labute approximate surface area is 133 Å². The van der Waals surface area contributed by atoms with Crippen molar-refractivity contribution >= 4 is 22.8 Å². The van der Waals surface area contributed by atoms with Gasteiger partial charge in [0.1, 0.15) is 17.6 Å². The van der Waals surface area contributed by atoms with Crippen LogP contribution in [0.1, 0.15) is 20.8 Å². The Hall–Kier alpha value is -2.89. The number of amides is 1. The summed E-state index contributed by atoms with van der Waals surface area (Å²) in [6, 6.07) is 9.40. The normalized spacial score (nSPS) is 11.4. The molecule has 2 aromatic heterocycles. The summed E-state index contributed by atoms with van der Waals surface area (Å²) >= 11 is 0. The molecule has 0 aliphatic rings. The minimum absolute atomic E-state index is 0.482. The van der Waals surface area contributed by atoms with Gasteiger partial charge >= 0.3 is 6.09 Å². The summed E-state index contributed by atoms with van der Waals surface area (Å²) in [7, 11) is 0. The lowest BCUT2D eigenvalue weighted by Gasteiger charge is -2.19. The van der Waals surface area contributed by atoms with Crippen LogP contribution < -0.4 is 5.32 Å². The summed E-state index contributed by atoms with van der Waals surface area (Å²) in [4.78, 5) is 23.5. The van der Waals surface area contributed by atoms with Crippen LogP contribution in [0.2, 0.25) is 0 Å². The van der Waals surface area contributed by atoms with Crippen molar-refractivity contribution in [3.05, 3.63) is 42.9 Å². The third-order valence-corrected chi connectivity index (χ3v) is 3.14. The first-order valence-corrected chi connectivity index (χ1v) is 7.31. The largest absolute Gasteiger partial charge is 0.444 e. The van der Waals surface area contributed by atoms with E-state index < -0.39 is 11.7 Å². The van der Waals surface area contributed by atoms with Gasteiger partial charge in [-0.2, -0.15) is 0 Å². The maximum Gasteiger partial charge on any atom is 0.412 e. The molecule has 0 saturated heterocycles. The lowest BCUT2D eigenvalue weighted by atomic mass is 10.1. The molecular weight excluding hydrogens is 292 g/mol. The summed E-state index contributed by atoms with van der Waals surface area (Å²) in [6.07, 6.45) is 2.86. The van der Waals surface area contributed by atoms with Crippen LogP contribution in [0.3, 0.4) is 0 Å². The van der Waals surface area contributed by atoms with E-state index in [4.69, 9.17) is 4.74 Å². The average molecular weight is 310 g/mol. The molecule has 0 aliphatic heterocycles. The zero-order chi connectivity index (χ0) is 16.4. The standard InChI is InChI=1S/C17H18N4O2/c1-17(2,3)23-16(22)21-12-6-4-5-11(9-12)14-13-7-8-18-15(13)20-10-19-14/h4-10H,1-3H3,(H,21,22)(H,18,19,20). The van der Waals surface area contributed by atoms with E-state index in [-0.39, 0.29) is 0 Å². The summed E-state index contributed by atoms with van der Waals surface area (Å²) < 4.78 is 5.26. The zero-order valence-electron chi connectivity index (χ0n) is 13.3. The number of nitrogens with one attached hydrogen (secondary N) is 2. The lowest BCUT2D eigenvalue weighted by molar-refractivity contribution is 0.0636. The second-order valence-electron chi connectivity index (χ2n) is 6.17. The van der Waals surface area contributed by atoms with E-state index in [0.29, 0.717) is 5.69 Å². The number of hydrogen-bond donors (Lipinski definition) is 2. The molecule has 6 heteroatoms. The maximum absolute atomic E-state index is 11.9. The maximum atomic E-state index is 11.9. The second-order valence-corrected chi connectivity index (χ2v) is 6.17. The highest BCUT2D eigenvalue weighted by molar-refractivity contribution is 5.92. The van der Waals surface area contributed by atoms with Crippen LogP contribution in [0.5, 0.6) is 0 Å². The number of anilines is 1. The van der Waals surface area contributed by atoms with Gasteiger partial charge in [-0.15, -0.1) is 0 Å². The highest BCUT2D eigenvalue weighted by atomic mass is 16.6. The number of carbonyl (C=O) groups is 1. The SMILES string of the molecule is CC(C)(C)OC(=O)Nc1cccc(-c2ncnc3[nH]ccc23)c1. The van der Waals surface area contributed by atoms with Crippen LogP contribution in [0, 0.1) is 0 Å². The first-order valence-electron chi connectivity index (χ1n) is 7.31. The summed E-state index contributed by atoms with van der Waals surface area (Å²) in [5, 5.41) is 3.67. The van der Waals surface area contributed by atoms with E-state index in [2.05, 4.69) is 20.3 Å². The molecule has 0 unspecified atom stereocenters. The van der Waals surface area contributed by atoms with Crippen molar-refractivity contribution < 1.29 is 9.53 Å². The molecule has 23 heavy (non-hydrogen) atoms. The number of aromatic nitrogens is 3. The Kier molecular flexibility index (Phi) is 3.73. The summed E-state index contributed by atoms with van der Waals surface area (Å²) in [5.74, 6) is 0. The third kappa shape index (κ3) is 3.48. The van der Waals surface area contributed by atoms with E-state index in [1.165, 1.54) is 6.33 Å². The minimum atomic E-state index is -0.536. The van der Waals surface area contributed by atoms with Gasteiger partial charge in [-0.1, -0.05) is 12.1 Å². The quantitative estimate of drug-likeness (QED) is 0.750. The molecule has 0 bridgehead atoms. The molecule has 0 spiro atoms. The van der Waals surface area contributed by atoms with Gasteiger partial charge in [0, 0.05) is 22.8 Å². The first kappa shape index (κ1) is 15.0. The highest BCUT2D eigenvalue weighted by Gasteiger charge is 2.16. The zero-order valence-corrected chi connectivity index (χ0v) is 13.3. The molecule has 118 valence electrons. The van der Waals surface area contributed by atoms with Crippen molar-refractivity contribution in [2.45, 2.75) is 26.4 Å². The van der Waals surface area contributed by atoms with E-state index in [0.717, 1.165) is 22.3 Å². The molecule has 1 amide bonds. The number of rotatable bonds is 2. The molecule has 2 N–H and O–H groups in total. The van der Waals surface area contributed by atoms with Crippen molar-refractivity contribution in [1.82, 2.24) is 15.0 Å². The van der Waals surface area contributed by atoms with Gasteiger partial charge < -0.3 is 9.72 Å². The van der Waals surface area contributed by atoms with E-state index >= 15 is 0 Å². The number of H-pyrrole nitrogens is 1. The monoisotopic (exact) mass is 310 g/mol. The smallest absolute Gasteiger partial charge is 0.412 e. The fraction of sp³-hybridized carbons (Fsp3) is 0.235. The topological polar surface area (TPSA) is 79.9 Å². The van der Waals surface area contributed by atoms with Crippen LogP contribution in [0.15, 0.2) is 42.9 Å². The van der Waals surface area contributed by atoms with Crippen LogP contribution in [0.25, 0.3) is 22.3 Å². The van der Waals surface area contributed by atoms with Crippen LogP contribution in [0.4, 0.5) is 10.5 Å². The van der Waals surface area contributed by atoms with Gasteiger partial charge in [0.15, 0.2) is 0 Å². The van der Waals surface area contributed by atoms with Crippen LogP contribution in [-0.4, -0.2) is 26.6 Å². The minimum Gasteiger partial charge on any atom is -0.444 e. The molecule has 6 nitrogen and oxygen atoms in total. The molecule has 2 heterocycles. The molecule has 0 saturated carbocycles. The van der Waals surface area contributed by atoms with Gasteiger partial charge in [-0.3, -0.25) is 5.32 Å². The predicted molar refractivity (Wildman–Crippen MR) is 89.2 cm³/mol. The van der Waals surface area contributed by atoms with Gasteiger partial charge in [0.25, 0.3) is 0 Å². The van der Waals surface area contributed by atoms with Crippen molar-refractivity contribution in [2.24, 2.45) is 0 Å². The second kappa shape index (κ2) is 5.72.